The van der Waals surface area contributed by atoms with Crippen molar-refractivity contribution >= 4 is 15.9 Å². The van der Waals surface area contributed by atoms with Crippen LogP contribution in [-0.2, 0) is 14.8 Å². The molecule has 2 rings (SSSR count). The monoisotopic (exact) mass is 279 g/mol. The van der Waals surface area contributed by atoms with Crippen LogP contribution in [0.3, 0.4) is 0 Å². The van der Waals surface area contributed by atoms with Gasteiger partial charge in [-0.05, 0) is 12.1 Å². The largest absolute Gasteiger partial charge is 0.344 e. The molecule has 19 heavy (non-hydrogen) atoms. The number of rotatable bonds is 3. The van der Waals surface area contributed by atoms with E-state index in [4.69, 9.17) is 5.26 Å². The molecule has 1 atom stereocenters. The van der Waals surface area contributed by atoms with Crippen LogP contribution in [0.2, 0.25) is 0 Å². The minimum absolute atomic E-state index is 0.0560. The molecule has 1 unspecified atom stereocenters. The Hall–Kier alpha value is -1.91. The number of likely N-dealkylation sites (N-methyl/N-ethyl adjacent to an activating group) is 1. The summed E-state index contributed by atoms with van der Waals surface area (Å²) >= 11 is 0. The van der Waals surface area contributed by atoms with E-state index in [0.717, 1.165) is 0 Å². The third-order valence-corrected chi connectivity index (χ3v) is 4.54. The molecule has 1 amide bonds. The molecule has 6 nitrogen and oxygen atoms in total. The predicted octanol–water partition coefficient (Wildman–Crippen LogP) is 0.0673. The van der Waals surface area contributed by atoms with Gasteiger partial charge in [0.05, 0.1) is 10.5 Å². The van der Waals surface area contributed by atoms with Crippen molar-refractivity contribution in [3.05, 3.63) is 29.8 Å². The summed E-state index contributed by atoms with van der Waals surface area (Å²) in [6, 6.07) is 7.38. The van der Waals surface area contributed by atoms with Crippen molar-refractivity contribution in [3.8, 4) is 6.07 Å². The maximum absolute atomic E-state index is 12.2. The number of hydrogen-bond donors (Lipinski definition) is 1. The van der Waals surface area contributed by atoms with Crippen molar-refractivity contribution in [1.82, 2.24) is 9.62 Å². The number of nitrogens with one attached hydrogen (secondary N) is 1. The van der Waals surface area contributed by atoms with E-state index in [1.54, 1.807) is 19.2 Å². The minimum Gasteiger partial charge on any atom is -0.344 e. The number of hydrogen-bond acceptors (Lipinski definition) is 4. The van der Waals surface area contributed by atoms with Crippen LogP contribution in [0.15, 0.2) is 29.2 Å². The zero-order valence-electron chi connectivity index (χ0n) is 10.3. The third-order valence-electron chi connectivity index (χ3n) is 2.96. The molecule has 0 radical (unpaired) electrons. The Labute approximate surface area is 111 Å². The van der Waals surface area contributed by atoms with Gasteiger partial charge in [-0.3, -0.25) is 4.79 Å². The molecule has 0 saturated carbocycles. The fourth-order valence-corrected chi connectivity index (χ4v) is 3.40. The van der Waals surface area contributed by atoms with Gasteiger partial charge in [-0.1, -0.05) is 12.1 Å². The average Bonchev–Trinajstić information content (AvgIpc) is 2.67. The Morgan fingerprint density at radius 3 is 2.68 bits per heavy atom. The number of nitriles is 1. The molecule has 1 aliphatic rings. The van der Waals surface area contributed by atoms with Gasteiger partial charge in [-0.25, -0.2) is 13.1 Å². The average molecular weight is 279 g/mol. The summed E-state index contributed by atoms with van der Waals surface area (Å²) in [6.45, 7) is 0.340. The molecule has 7 heteroatoms. The summed E-state index contributed by atoms with van der Waals surface area (Å²) in [7, 11) is -2.16. The lowest BCUT2D eigenvalue weighted by Crippen LogP contribution is -2.36. The summed E-state index contributed by atoms with van der Waals surface area (Å²) < 4.78 is 26.8. The zero-order valence-corrected chi connectivity index (χ0v) is 11.1. The topological polar surface area (TPSA) is 90.3 Å². The van der Waals surface area contributed by atoms with Gasteiger partial charge < -0.3 is 4.90 Å². The fourth-order valence-electron chi connectivity index (χ4n) is 2.02. The summed E-state index contributed by atoms with van der Waals surface area (Å²) in [5.74, 6) is -0.0960. The van der Waals surface area contributed by atoms with E-state index < -0.39 is 16.1 Å². The van der Waals surface area contributed by atoms with Gasteiger partial charge >= 0.3 is 0 Å². The van der Waals surface area contributed by atoms with Crippen LogP contribution < -0.4 is 4.72 Å². The lowest BCUT2D eigenvalue weighted by atomic mass is 10.2. The van der Waals surface area contributed by atoms with Crippen LogP contribution in [0.5, 0.6) is 0 Å². The molecule has 0 bridgehead atoms. The Morgan fingerprint density at radius 1 is 1.42 bits per heavy atom. The smallest absolute Gasteiger partial charge is 0.242 e. The first kappa shape index (κ1) is 13.5. The highest BCUT2D eigenvalue weighted by molar-refractivity contribution is 7.89. The lowest BCUT2D eigenvalue weighted by Gasteiger charge is -2.13. The van der Waals surface area contributed by atoms with Crippen molar-refractivity contribution in [2.24, 2.45) is 0 Å². The second kappa shape index (κ2) is 4.99. The highest BCUT2D eigenvalue weighted by Crippen LogP contribution is 2.17. The quantitative estimate of drug-likeness (QED) is 0.847. The minimum atomic E-state index is -3.78. The summed E-state index contributed by atoms with van der Waals surface area (Å²) in [4.78, 5) is 12.8. The van der Waals surface area contributed by atoms with Gasteiger partial charge in [0.15, 0.2) is 0 Å². The normalized spacial score (nSPS) is 19.5. The van der Waals surface area contributed by atoms with Crippen LogP contribution in [0, 0.1) is 11.3 Å². The Balaban J connectivity index is 2.25. The lowest BCUT2D eigenvalue weighted by molar-refractivity contribution is -0.126. The first-order chi connectivity index (χ1) is 8.94. The predicted molar refractivity (Wildman–Crippen MR) is 67.5 cm³/mol. The second-order valence-corrected chi connectivity index (χ2v) is 6.09. The van der Waals surface area contributed by atoms with Gasteiger partial charge in [-0.2, -0.15) is 5.26 Å². The van der Waals surface area contributed by atoms with E-state index >= 15 is 0 Å². The van der Waals surface area contributed by atoms with Crippen molar-refractivity contribution in [2.45, 2.75) is 17.4 Å². The molecule has 0 spiro atoms. The van der Waals surface area contributed by atoms with Crippen LogP contribution >= 0.6 is 0 Å². The fraction of sp³-hybridized carbons (Fsp3) is 0.333. The van der Waals surface area contributed by atoms with Crippen molar-refractivity contribution < 1.29 is 13.2 Å². The van der Waals surface area contributed by atoms with Crippen LogP contribution in [0.25, 0.3) is 0 Å². The van der Waals surface area contributed by atoms with Gasteiger partial charge in [0.2, 0.25) is 15.9 Å². The zero-order chi connectivity index (χ0) is 14.0. The second-order valence-electron chi connectivity index (χ2n) is 4.40. The molecule has 0 aromatic heterocycles. The molecular weight excluding hydrogens is 266 g/mol. The maximum Gasteiger partial charge on any atom is 0.242 e. The molecule has 1 aromatic rings. The van der Waals surface area contributed by atoms with Crippen LogP contribution in [-0.4, -0.2) is 38.9 Å². The van der Waals surface area contributed by atoms with E-state index in [-0.39, 0.29) is 22.8 Å². The van der Waals surface area contributed by atoms with Gasteiger partial charge in [0.1, 0.15) is 6.07 Å². The van der Waals surface area contributed by atoms with Crippen LogP contribution in [0.1, 0.15) is 12.0 Å². The van der Waals surface area contributed by atoms with Crippen LogP contribution in [0.4, 0.5) is 0 Å². The highest BCUT2D eigenvalue weighted by atomic mass is 32.2. The Bertz CT molecular complexity index is 648. The standard InChI is InChI=1S/C12H13N3O3S/c1-15-8-10(6-12(15)16)14-19(17,18)11-5-3-2-4-9(11)7-13/h2-5,10,14H,6,8H2,1H3. The van der Waals surface area contributed by atoms with Gasteiger partial charge in [-0.15, -0.1) is 0 Å². The third kappa shape index (κ3) is 2.75. The molecule has 0 aliphatic carbocycles. The SMILES string of the molecule is CN1CC(NS(=O)(=O)c2ccccc2C#N)CC1=O. The van der Waals surface area contributed by atoms with E-state index in [1.165, 1.54) is 17.0 Å². The summed E-state index contributed by atoms with van der Waals surface area (Å²) in [5.41, 5.74) is 0.0904. The maximum atomic E-state index is 12.2. The molecule has 1 fully saturated rings. The van der Waals surface area contributed by atoms with Gasteiger partial charge in [0.25, 0.3) is 0 Å². The summed E-state index contributed by atoms with van der Waals surface area (Å²) in [6.07, 6.45) is 0.143. The number of carbonyl (C=O) groups excluding carboxylic acids is 1. The first-order valence-corrected chi connectivity index (χ1v) is 7.18. The Morgan fingerprint density at radius 2 is 2.11 bits per heavy atom. The highest BCUT2D eigenvalue weighted by Gasteiger charge is 2.31. The number of likely N-dealkylation sites (tertiary alicyclic amines) is 1. The van der Waals surface area contributed by atoms with Crippen molar-refractivity contribution in [3.63, 3.8) is 0 Å². The number of amides is 1. The van der Waals surface area contributed by atoms with E-state index in [0.29, 0.717) is 6.54 Å². The molecule has 1 heterocycles. The molecule has 1 aromatic carbocycles. The van der Waals surface area contributed by atoms with Gasteiger partial charge in [0, 0.05) is 26.1 Å². The van der Waals surface area contributed by atoms with E-state index in [9.17, 15) is 13.2 Å². The molecule has 1 saturated heterocycles. The molecular formula is C12H13N3O3S. The molecule has 1 N–H and O–H groups in total. The Kier molecular flexibility index (Phi) is 3.55. The summed E-state index contributed by atoms with van der Waals surface area (Å²) in [5, 5.41) is 8.92. The van der Waals surface area contributed by atoms with E-state index in [2.05, 4.69) is 4.72 Å². The number of carbonyl (C=O) groups is 1. The molecule has 100 valence electrons. The molecule has 1 aliphatic heterocycles. The number of benzene rings is 1. The first-order valence-electron chi connectivity index (χ1n) is 5.69. The van der Waals surface area contributed by atoms with E-state index in [1.807, 2.05) is 6.07 Å². The number of nitrogens with zero attached hydrogens (tertiary/aromatic N) is 2. The van der Waals surface area contributed by atoms with Crippen molar-refractivity contribution in [2.75, 3.05) is 13.6 Å². The van der Waals surface area contributed by atoms with Crippen molar-refractivity contribution in [1.29, 1.82) is 5.26 Å². The number of sulfonamides is 1.